The molecule has 0 saturated carbocycles. The molecule has 106 valence electrons. The van der Waals surface area contributed by atoms with E-state index in [1.165, 1.54) is 24.5 Å². The average molecular weight is 284 g/mol. The zero-order valence-electron chi connectivity index (χ0n) is 10.9. The highest BCUT2D eigenvalue weighted by Gasteiger charge is 2.08. The summed E-state index contributed by atoms with van der Waals surface area (Å²) in [6, 6.07) is 11.2. The van der Waals surface area contributed by atoms with E-state index in [1.807, 2.05) is 6.07 Å². The Morgan fingerprint density at radius 2 is 1.90 bits per heavy atom. The van der Waals surface area contributed by atoms with Crippen LogP contribution in [-0.4, -0.2) is 28.3 Å². The van der Waals surface area contributed by atoms with Crippen molar-refractivity contribution in [1.29, 1.82) is 0 Å². The maximum absolute atomic E-state index is 11.5. The summed E-state index contributed by atoms with van der Waals surface area (Å²) in [4.78, 5) is 26.4. The summed E-state index contributed by atoms with van der Waals surface area (Å²) in [7, 11) is 0. The van der Waals surface area contributed by atoms with Crippen LogP contribution in [0.2, 0.25) is 0 Å². The van der Waals surface area contributed by atoms with Crippen molar-refractivity contribution in [2.45, 2.75) is 0 Å². The van der Waals surface area contributed by atoms with Crippen molar-refractivity contribution >= 4 is 23.9 Å². The van der Waals surface area contributed by atoms with Crippen LogP contribution in [0.4, 0.5) is 10.5 Å². The van der Waals surface area contributed by atoms with Crippen molar-refractivity contribution in [3.8, 4) is 0 Å². The molecule has 0 aliphatic heterocycles. The lowest BCUT2D eigenvalue weighted by Gasteiger charge is -2.03. The maximum atomic E-state index is 11.5. The average Bonchev–Trinajstić information content (AvgIpc) is 2.48. The second-order valence-corrected chi connectivity index (χ2v) is 3.93. The molecule has 3 N–H and O–H groups in total. The summed E-state index contributed by atoms with van der Waals surface area (Å²) < 4.78 is 0. The first-order valence-electron chi connectivity index (χ1n) is 6.00. The molecule has 1 heterocycles. The lowest BCUT2D eigenvalue weighted by Crippen LogP contribution is -2.24. The second-order valence-electron chi connectivity index (χ2n) is 3.93. The summed E-state index contributed by atoms with van der Waals surface area (Å²) in [6.45, 7) is 0. The van der Waals surface area contributed by atoms with Crippen LogP contribution in [-0.2, 0) is 0 Å². The van der Waals surface area contributed by atoms with Crippen molar-refractivity contribution in [3.05, 3.63) is 59.9 Å². The Balaban J connectivity index is 1.97. The van der Waals surface area contributed by atoms with Gasteiger partial charge in [-0.3, -0.25) is 4.98 Å². The Morgan fingerprint density at radius 1 is 1.14 bits per heavy atom. The molecule has 2 rings (SSSR count). The van der Waals surface area contributed by atoms with Gasteiger partial charge in [-0.1, -0.05) is 18.2 Å². The van der Waals surface area contributed by atoms with E-state index in [0.717, 1.165) is 0 Å². The Kier molecular flexibility index (Phi) is 4.60. The van der Waals surface area contributed by atoms with E-state index in [4.69, 9.17) is 5.11 Å². The number of carbonyl (C=O) groups is 2. The summed E-state index contributed by atoms with van der Waals surface area (Å²) in [5.74, 6) is -1.11. The van der Waals surface area contributed by atoms with E-state index < -0.39 is 12.0 Å². The summed E-state index contributed by atoms with van der Waals surface area (Å²) in [6.07, 6.45) is 2.62. The molecule has 0 bridgehead atoms. The number of aromatic nitrogens is 1. The zero-order chi connectivity index (χ0) is 15.1. The molecule has 2 aromatic rings. The van der Waals surface area contributed by atoms with Crippen LogP contribution in [0, 0.1) is 0 Å². The van der Waals surface area contributed by atoms with Crippen LogP contribution >= 0.6 is 0 Å². The summed E-state index contributed by atoms with van der Waals surface area (Å²) in [5.41, 5.74) is 3.02. The fraction of sp³-hybridized carbons (Fsp3) is 0. The molecular formula is C14H12N4O3. The van der Waals surface area contributed by atoms with Crippen molar-refractivity contribution in [3.63, 3.8) is 0 Å². The van der Waals surface area contributed by atoms with Crippen LogP contribution in [0.25, 0.3) is 0 Å². The lowest BCUT2D eigenvalue weighted by molar-refractivity contribution is 0.0696. The van der Waals surface area contributed by atoms with Gasteiger partial charge in [-0.05, 0) is 24.3 Å². The monoisotopic (exact) mass is 284 g/mol. The van der Waals surface area contributed by atoms with E-state index in [1.54, 1.807) is 24.3 Å². The fourth-order valence-corrected chi connectivity index (χ4v) is 1.53. The normalized spacial score (nSPS) is 10.3. The molecule has 0 aliphatic rings. The maximum Gasteiger partial charge on any atom is 0.339 e. The number of nitrogens with zero attached hydrogens (tertiary/aromatic N) is 2. The summed E-state index contributed by atoms with van der Waals surface area (Å²) >= 11 is 0. The summed E-state index contributed by atoms with van der Waals surface area (Å²) in [5, 5.41) is 15.2. The van der Waals surface area contributed by atoms with Crippen LogP contribution in [0.15, 0.2) is 53.8 Å². The number of para-hydroxylation sites is 1. The molecule has 0 saturated heterocycles. The predicted molar refractivity (Wildman–Crippen MR) is 77.4 cm³/mol. The number of amides is 2. The van der Waals surface area contributed by atoms with Crippen LogP contribution in [0.1, 0.15) is 16.1 Å². The minimum atomic E-state index is -1.11. The number of hydrazone groups is 1. The first-order valence-corrected chi connectivity index (χ1v) is 6.00. The number of benzene rings is 1. The van der Waals surface area contributed by atoms with Crippen molar-refractivity contribution in [1.82, 2.24) is 10.4 Å². The Morgan fingerprint density at radius 3 is 2.62 bits per heavy atom. The highest BCUT2D eigenvalue weighted by atomic mass is 16.4. The number of hydrogen-bond donors (Lipinski definition) is 3. The highest BCUT2D eigenvalue weighted by molar-refractivity contribution is 5.97. The van der Waals surface area contributed by atoms with Gasteiger partial charge >= 0.3 is 12.0 Å². The van der Waals surface area contributed by atoms with E-state index >= 15 is 0 Å². The molecule has 7 nitrogen and oxygen atoms in total. The first kappa shape index (κ1) is 14.2. The van der Waals surface area contributed by atoms with Gasteiger partial charge in [-0.25, -0.2) is 15.0 Å². The van der Waals surface area contributed by atoms with Gasteiger partial charge in [0, 0.05) is 11.9 Å². The quantitative estimate of drug-likeness (QED) is 0.589. The van der Waals surface area contributed by atoms with E-state index in [0.29, 0.717) is 5.69 Å². The molecular weight excluding hydrogens is 272 g/mol. The number of nitrogens with one attached hydrogen (secondary N) is 2. The number of rotatable bonds is 4. The van der Waals surface area contributed by atoms with Crippen LogP contribution in [0.3, 0.4) is 0 Å². The van der Waals surface area contributed by atoms with Crippen molar-refractivity contribution in [2.75, 3.05) is 5.32 Å². The molecule has 0 radical (unpaired) electrons. The van der Waals surface area contributed by atoms with Crippen molar-refractivity contribution < 1.29 is 14.7 Å². The number of hydrogen-bond acceptors (Lipinski definition) is 4. The molecule has 1 aromatic heterocycles. The highest BCUT2D eigenvalue weighted by Crippen LogP contribution is 2.04. The Labute approximate surface area is 120 Å². The van der Waals surface area contributed by atoms with E-state index in [9.17, 15) is 9.59 Å². The van der Waals surface area contributed by atoms with Crippen molar-refractivity contribution in [2.24, 2.45) is 5.10 Å². The molecule has 21 heavy (non-hydrogen) atoms. The number of carbonyl (C=O) groups excluding carboxylic acids is 1. The molecule has 2 amide bonds. The SMILES string of the molecule is O=C(NN=Cc1ncccc1C(=O)O)Nc1ccccc1. The van der Waals surface area contributed by atoms with Gasteiger partial charge < -0.3 is 10.4 Å². The molecule has 0 aliphatic carbocycles. The fourth-order valence-electron chi connectivity index (χ4n) is 1.53. The standard InChI is InChI=1S/C14H12N4O3/c19-13(20)11-7-4-8-15-12(11)9-16-18-14(21)17-10-5-2-1-3-6-10/h1-9H,(H,19,20)(H2,17,18,21). The van der Waals surface area contributed by atoms with Gasteiger partial charge in [0.1, 0.15) is 0 Å². The number of pyridine rings is 1. The third kappa shape index (κ3) is 4.13. The number of urea groups is 1. The first-order chi connectivity index (χ1) is 10.2. The lowest BCUT2D eigenvalue weighted by atomic mass is 10.2. The van der Waals surface area contributed by atoms with Gasteiger partial charge in [0.2, 0.25) is 0 Å². The molecule has 7 heteroatoms. The van der Waals surface area contributed by atoms with Gasteiger partial charge in [0.25, 0.3) is 0 Å². The molecule has 0 fully saturated rings. The van der Waals surface area contributed by atoms with Crippen LogP contribution in [0.5, 0.6) is 0 Å². The van der Waals surface area contributed by atoms with Gasteiger partial charge in [-0.15, -0.1) is 0 Å². The predicted octanol–water partition coefficient (Wildman–Crippen LogP) is 1.94. The van der Waals surface area contributed by atoms with E-state index in [2.05, 4.69) is 20.8 Å². The minimum absolute atomic E-state index is 0.00603. The third-order valence-electron chi connectivity index (χ3n) is 2.45. The largest absolute Gasteiger partial charge is 0.478 e. The molecule has 0 atom stereocenters. The van der Waals surface area contributed by atoms with Crippen LogP contribution < -0.4 is 10.7 Å². The number of carboxylic acids is 1. The molecule has 1 aromatic carbocycles. The molecule has 0 spiro atoms. The third-order valence-corrected chi connectivity index (χ3v) is 2.45. The number of carboxylic acid groups (broad SMARTS) is 1. The van der Waals surface area contributed by atoms with Gasteiger partial charge in [0.15, 0.2) is 0 Å². The minimum Gasteiger partial charge on any atom is -0.478 e. The topological polar surface area (TPSA) is 104 Å². The zero-order valence-corrected chi connectivity index (χ0v) is 10.9. The Bertz CT molecular complexity index is 671. The smallest absolute Gasteiger partial charge is 0.339 e. The second kappa shape index (κ2) is 6.80. The van der Waals surface area contributed by atoms with Gasteiger partial charge in [-0.2, -0.15) is 5.10 Å². The number of aromatic carboxylic acids is 1. The van der Waals surface area contributed by atoms with Gasteiger partial charge in [0.05, 0.1) is 17.5 Å². The van der Waals surface area contributed by atoms with E-state index in [-0.39, 0.29) is 11.3 Å². The Hall–Kier alpha value is -3.22. The molecule has 0 unspecified atom stereocenters. The number of anilines is 1.